The average molecular weight is 323 g/mol. The molecule has 1 aliphatic heterocycles. The quantitative estimate of drug-likeness (QED) is 0.872. The van der Waals surface area contributed by atoms with E-state index < -0.39 is 0 Å². The minimum atomic E-state index is -0.225. The van der Waals surface area contributed by atoms with E-state index >= 15 is 0 Å². The number of carbonyl (C=O) groups is 1. The Morgan fingerprint density at radius 1 is 1.57 bits per heavy atom. The molecule has 0 bridgehead atoms. The number of carbonyl (C=O) groups excluding carboxylic acids is 1. The number of nitrogens with zero attached hydrogens (tertiary/aromatic N) is 4. The lowest BCUT2D eigenvalue weighted by Gasteiger charge is -2.41. The average Bonchev–Trinajstić information content (AvgIpc) is 3.03. The molecule has 1 unspecified atom stereocenters. The molecular weight excluding hydrogens is 298 g/mol. The zero-order valence-electron chi connectivity index (χ0n) is 13.8. The van der Waals surface area contributed by atoms with Crippen LogP contribution in [0, 0.1) is 0 Å². The van der Waals surface area contributed by atoms with Crippen LogP contribution in [0.25, 0.3) is 0 Å². The lowest BCUT2D eigenvalue weighted by atomic mass is 9.80. The third-order valence-corrected chi connectivity index (χ3v) is 4.89. The molecule has 1 aromatic heterocycles. The van der Waals surface area contributed by atoms with Crippen LogP contribution in [0.2, 0.25) is 0 Å². The molecule has 23 heavy (non-hydrogen) atoms. The number of hydrogen-bond acceptors (Lipinski definition) is 5. The maximum Gasteiger partial charge on any atom is 0.317 e. The highest BCUT2D eigenvalue weighted by Crippen LogP contribution is 2.34. The molecule has 2 fully saturated rings. The zero-order valence-corrected chi connectivity index (χ0v) is 13.8. The number of hydrogen-bond donors (Lipinski definition) is 1. The lowest BCUT2D eigenvalue weighted by molar-refractivity contribution is -0.0690. The molecule has 3 rings (SSSR count). The van der Waals surface area contributed by atoms with Crippen LogP contribution in [0.5, 0.6) is 0 Å². The molecule has 8 nitrogen and oxygen atoms in total. The first-order chi connectivity index (χ1) is 11.2. The van der Waals surface area contributed by atoms with Gasteiger partial charge in [0.25, 0.3) is 0 Å². The molecule has 8 heteroatoms. The minimum absolute atomic E-state index is 0.0656. The molecule has 0 spiro atoms. The number of methoxy groups -OCH3 is 1. The Morgan fingerprint density at radius 2 is 2.39 bits per heavy atom. The van der Waals surface area contributed by atoms with Crippen LogP contribution < -0.4 is 5.32 Å². The Morgan fingerprint density at radius 3 is 3.04 bits per heavy atom. The van der Waals surface area contributed by atoms with Crippen molar-refractivity contribution < 1.29 is 14.3 Å². The molecule has 0 radical (unpaired) electrons. The molecule has 0 aromatic carbocycles. The number of nitrogens with one attached hydrogen (secondary N) is 1. The summed E-state index contributed by atoms with van der Waals surface area (Å²) in [5, 5.41) is 11.1. The zero-order chi connectivity index (χ0) is 16.3. The Hall–Kier alpha value is -1.67. The predicted octanol–water partition coefficient (Wildman–Crippen LogP) is 0.950. The normalized spacial score (nSPS) is 23.4. The summed E-state index contributed by atoms with van der Waals surface area (Å²) >= 11 is 0. The van der Waals surface area contributed by atoms with Gasteiger partial charge >= 0.3 is 6.03 Å². The number of rotatable bonds is 5. The van der Waals surface area contributed by atoms with Crippen molar-refractivity contribution in [2.75, 3.05) is 33.4 Å². The summed E-state index contributed by atoms with van der Waals surface area (Å²) in [6.07, 6.45) is 4.65. The Bertz CT molecular complexity index is 537. The second kappa shape index (κ2) is 6.84. The van der Waals surface area contributed by atoms with Gasteiger partial charge in [0.2, 0.25) is 0 Å². The third kappa shape index (κ3) is 3.32. The standard InChI is InChI=1S/C15H25N5O3/c1-3-19-11-17-18-13(19)12-9-20(7-8-23-12)14(21)16-10-15(22-2)5-4-6-15/h11-12H,3-10H2,1-2H3,(H,16,21). The fourth-order valence-electron chi connectivity index (χ4n) is 3.12. The van der Waals surface area contributed by atoms with Gasteiger partial charge in [0, 0.05) is 26.7 Å². The summed E-state index contributed by atoms with van der Waals surface area (Å²) in [7, 11) is 1.72. The van der Waals surface area contributed by atoms with Crippen molar-refractivity contribution in [3.8, 4) is 0 Å². The molecule has 1 N–H and O–H groups in total. The van der Waals surface area contributed by atoms with Gasteiger partial charge in [0.15, 0.2) is 5.82 Å². The van der Waals surface area contributed by atoms with Gasteiger partial charge < -0.3 is 24.3 Å². The van der Waals surface area contributed by atoms with Gasteiger partial charge in [0.05, 0.1) is 18.8 Å². The first-order valence-electron chi connectivity index (χ1n) is 8.25. The highest BCUT2D eigenvalue weighted by molar-refractivity contribution is 5.74. The SMILES string of the molecule is CCn1cnnc1C1CN(C(=O)NCC2(OC)CCC2)CCO1. The first-order valence-corrected chi connectivity index (χ1v) is 8.25. The maximum absolute atomic E-state index is 12.4. The minimum Gasteiger partial charge on any atom is -0.376 e. The van der Waals surface area contributed by atoms with E-state index in [1.165, 1.54) is 0 Å². The summed E-state index contributed by atoms with van der Waals surface area (Å²) in [6, 6.07) is -0.0656. The molecular formula is C15H25N5O3. The molecule has 2 aliphatic rings. The van der Waals surface area contributed by atoms with E-state index in [1.807, 2.05) is 11.5 Å². The van der Waals surface area contributed by atoms with Crippen molar-refractivity contribution in [1.82, 2.24) is 25.0 Å². The van der Waals surface area contributed by atoms with Gasteiger partial charge in [-0.3, -0.25) is 0 Å². The van der Waals surface area contributed by atoms with Gasteiger partial charge in [-0.25, -0.2) is 4.79 Å². The van der Waals surface area contributed by atoms with Crippen molar-refractivity contribution in [1.29, 1.82) is 0 Å². The number of ether oxygens (including phenoxy) is 2. The lowest BCUT2D eigenvalue weighted by Crippen LogP contribution is -2.54. The molecule has 1 aliphatic carbocycles. The van der Waals surface area contributed by atoms with Gasteiger partial charge in [-0.15, -0.1) is 10.2 Å². The number of aromatic nitrogens is 3. The van der Waals surface area contributed by atoms with Crippen molar-refractivity contribution in [3.05, 3.63) is 12.2 Å². The summed E-state index contributed by atoms with van der Waals surface area (Å²) in [4.78, 5) is 14.2. The smallest absolute Gasteiger partial charge is 0.317 e. The van der Waals surface area contributed by atoms with E-state index in [4.69, 9.17) is 9.47 Å². The van der Waals surface area contributed by atoms with Gasteiger partial charge in [-0.2, -0.15) is 0 Å². The maximum atomic E-state index is 12.4. The van der Waals surface area contributed by atoms with E-state index in [2.05, 4.69) is 15.5 Å². The van der Waals surface area contributed by atoms with Crippen LogP contribution in [0.4, 0.5) is 4.79 Å². The highest BCUT2D eigenvalue weighted by Gasteiger charge is 2.38. The Kier molecular flexibility index (Phi) is 4.82. The largest absolute Gasteiger partial charge is 0.376 e. The van der Waals surface area contributed by atoms with E-state index in [9.17, 15) is 4.79 Å². The van der Waals surface area contributed by atoms with Gasteiger partial charge in [0.1, 0.15) is 12.4 Å². The second-order valence-electron chi connectivity index (χ2n) is 6.18. The predicted molar refractivity (Wildman–Crippen MR) is 83.0 cm³/mol. The number of aryl methyl sites for hydroxylation is 1. The molecule has 2 heterocycles. The van der Waals surface area contributed by atoms with E-state index in [0.29, 0.717) is 26.2 Å². The fourth-order valence-corrected chi connectivity index (χ4v) is 3.12. The van der Waals surface area contributed by atoms with Crippen LogP contribution >= 0.6 is 0 Å². The first kappa shape index (κ1) is 16.2. The Balaban J connectivity index is 1.56. The summed E-state index contributed by atoms with van der Waals surface area (Å²) < 4.78 is 13.3. The van der Waals surface area contributed by atoms with Crippen molar-refractivity contribution in [2.24, 2.45) is 0 Å². The third-order valence-electron chi connectivity index (χ3n) is 4.89. The van der Waals surface area contributed by atoms with E-state index in [-0.39, 0.29) is 17.7 Å². The van der Waals surface area contributed by atoms with E-state index in [1.54, 1.807) is 18.3 Å². The van der Waals surface area contributed by atoms with Crippen LogP contribution in [0.1, 0.15) is 38.1 Å². The highest BCUT2D eigenvalue weighted by atomic mass is 16.5. The van der Waals surface area contributed by atoms with E-state index in [0.717, 1.165) is 31.6 Å². The van der Waals surface area contributed by atoms with Crippen molar-refractivity contribution in [2.45, 2.75) is 44.4 Å². The van der Waals surface area contributed by atoms with Gasteiger partial charge in [-0.1, -0.05) is 0 Å². The van der Waals surface area contributed by atoms with Crippen molar-refractivity contribution >= 4 is 6.03 Å². The molecule has 1 atom stereocenters. The number of morpholine rings is 1. The Labute approximate surface area is 136 Å². The molecule has 128 valence electrons. The van der Waals surface area contributed by atoms with Crippen molar-refractivity contribution in [3.63, 3.8) is 0 Å². The monoisotopic (exact) mass is 323 g/mol. The number of urea groups is 1. The fraction of sp³-hybridized carbons (Fsp3) is 0.800. The van der Waals surface area contributed by atoms with Crippen LogP contribution in [0.3, 0.4) is 0 Å². The topological polar surface area (TPSA) is 81.5 Å². The molecule has 2 amide bonds. The van der Waals surface area contributed by atoms with Crippen LogP contribution in [0.15, 0.2) is 6.33 Å². The summed E-state index contributed by atoms with van der Waals surface area (Å²) in [6.45, 7) is 4.96. The van der Waals surface area contributed by atoms with Crippen LogP contribution in [-0.2, 0) is 16.0 Å². The number of amides is 2. The summed E-state index contributed by atoms with van der Waals surface area (Å²) in [5.41, 5.74) is -0.163. The van der Waals surface area contributed by atoms with Crippen LogP contribution in [-0.4, -0.2) is 64.6 Å². The summed E-state index contributed by atoms with van der Waals surface area (Å²) in [5.74, 6) is 0.775. The molecule has 1 aromatic rings. The second-order valence-corrected chi connectivity index (χ2v) is 6.18. The molecule has 1 saturated heterocycles. The molecule has 1 saturated carbocycles. The van der Waals surface area contributed by atoms with Gasteiger partial charge in [-0.05, 0) is 26.2 Å².